The normalized spacial score (nSPS) is 11.6. The van der Waals surface area contributed by atoms with Gasteiger partial charge in [0.1, 0.15) is 6.07 Å². The van der Waals surface area contributed by atoms with E-state index in [0.29, 0.717) is 11.1 Å². The highest BCUT2D eigenvalue weighted by Gasteiger charge is 2.23. The zero-order valence-electron chi connectivity index (χ0n) is 29.5. The van der Waals surface area contributed by atoms with Crippen molar-refractivity contribution in [2.75, 3.05) is 0 Å². The van der Waals surface area contributed by atoms with Crippen molar-refractivity contribution in [1.29, 1.82) is 10.5 Å². The molecule has 254 valence electrons. The number of nitrogens with zero attached hydrogens (tertiary/aromatic N) is 5. The summed E-state index contributed by atoms with van der Waals surface area (Å²) in [4.78, 5) is 0. The second kappa shape index (κ2) is 11.8. The van der Waals surface area contributed by atoms with Crippen LogP contribution in [0.3, 0.4) is 0 Å². The summed E-state index contributed by atoms with van der Waals surface area (Å²) in [5, 5.41) is 27.5. The summed E-state index contributed by atoms with van der Waals surface area (Å²) >= 11 is 0. The molecule has 0 N–H and O–H groups in total. The van der Waals surface area contributed by atoms with Crippen molar-refractivity contribution in [3.63, 3.8) is 0 Å². The molecule has 0 saturated carbocycles. The Morgan fingerprint density at radius 3 is 1.53 bits per heavy atom. The van der Waals surface area contributed by atoms with E-state index in [0.717, 1.165) is 82.8 Å². The number of nitriles is 2. The van der Waals surface area contributed by atoms with Crippen LogP contribution in [-0.4, -0.2) is 13.7 Å². The summed E-state index contributed by atoms with van der Waals surface area (Å²) in [6.45, 7) is 0. The molecule has 11 aromatic rings. The van der Waals surface area contributed by atoms with E-state index >= 15 is 0 Å². The lowest BCUT2D eigenvalue weighted by Gasteiger charge is -2.19. The second-order valence-electron chi connectivity index (χ2n) is 13.9. The standard InChI is InChI=1S/C50H29N5/c51-30-32-27-28-46(55-44-23-9-3-16-36(44)38-19-11-13-33(31-52)50(38)55)40(29-32)37-17-4-8-22-43(37)54-45-24-10-5-18-39(45)49-47(25-12-26-48(49)54)53-41-20-6-1-14-34(41)35-15-2-7-21-42(35)53/h1-29H. The minimum atomic E-state index is 0.561. The molecule has 0 radical (unpaired) electrons. The lowest BCUT2D eigenvalue weighted by Crippen LogP contribution is -2.02. The van der Waals surface area contributed by atoms with Crippen LogP contribution in [0.15, 0.2) is 176 Å². The van der Waals surface area contributed by atoms with Crippen LogP contribution in [0.25, 0.3) is 93.6 Å². The molecule has 0 spiro atoms. The Kier molecular flexibility index (Phi) is 6.61. The molecule has 0 bridgehead atoms. The maximum atomic E-state index is 10.4. The Morgan fingerprint density at radius 1 is 0.345 bits per heavy atom. The van der Waals surface area contributed by atoms with E-state index in [2.05, 4.69) is 159 Å². The number of rotatable bonds is 4. The number of hydrogen-bond acceptors (Lipinski definition) is 2. The van der Waals surface area contributed by atoms with Gasteiger partial charge in [0, 0.05) is 43.4 Å². The monoisotopic (exact) mass is 699 g/mol. The number of fused-ring (bicyclic) bond motifs is 9. The molecular formula is C50H29N5. The topological polar surface area (TPSA) is 62.4 Å². The van der Waals surface area contributed by atoms with Crippen LogP contribution in [-0.2, 0) is 0 Å². The van der Waals surface area contributed by atoms with Crippen LogP contribution in [0.1, 0.15) is 11.1 Å². The molecule has 3 aromatic heterocycles. The fourth-order valence-electron chi connectivity index (χ4n) is 8.90. The Bertz CT molecular complexity index is 3420. The van der Waals surface area contributed by atoms with Crippen molar-refractivity contribution in [2.45, 2.75) is 0 Å². The number of para-hydroxylation sites is 6. The first-order valence-corrected chi connectivity index (χ1v) is 18.3. The van der Waals surface area contributed by atoms with E-state index in [9.17, 15) is 10.5 Å². The van der Waals surface area contributed by atoms with Crippen molar-refractivity contribution in [1.82, 2.24) is 13.7 Å². The third-order valence-electron chi connectivity index (χ3n) is 11.1. The van der Waals surface area contributed by atoms with Crippen LogP contribution in [0.2, 0.25) is 0 Å². The Hall–Kier alpha value is -7.86. The summed E-state index contributed by atoms with van der Waals surface area (Å²) in [5.74, 6) is 0. The van der Waals surface area contributed by atoms with Gasteiger partial charge in [0.05, 0.1) is 67.4 Å². The van der Waals surface area contributed by atoms with Gasteiger partial charge in [-0.25, -0.2) is 0 Å². The van der Waals surface area contributed by atoms with Gasteiger partial charge in [-0.1, -0.05) is 109 Å². The van der Waals surface area contributed by atoms with Crippen molar-refractivity contribution < 1.29 is 0 Å². The minimum absolute atomic E-state index is 0.561. The zero-order chi connectivity index (χ0) is 36.6. The lowest BCUT2D eigenvalue weighted by molar-refractivity contribution is 1.15. The summed E-state index contributed by atoms with van der Waals surface area (Å²) in [6.07, 6.45) is 0. The van der Waals surface area contributed by atoms with Gasteiger partial charge in [0.25, 0.3) is 0 Å². The smallest absolute Gasteiger partial charge is 0.101 e. The summed E-state index contributed by atoms with van der Waals surface area (Å²) in [5.41, 5.74) is 12.4. The molecule has 55 heavy (non-hydrogen) atoms. The van der Waals surface area contributed by atoms with E-state index < -0.39 is 0 Å². The van der Waals surface area contributed by atoms with E-state index in [-0.39, 0.29) is 0 Å². The van der Waals surface area contributed by atoms with Crippen LogP contribution in [0.4, 0.5) is 0 Å². The quantitative estimate of drug-likeness (QED) is 0.184. The van der Waals surface area contributed by atoms with Crippen LogP contribution >= 0.6 is 0 Å². The van der Waals surface area contributed by atoms with Gasteiger partial charge >= 0.3 is 0 Å². The predicted molar refractivity (Wildman–Crippen MR) is 224 cm³/mol. The molecule has 11 rings (SSSR count). The highest BCUT2D eigenvalue weighted by atomic mass is 15.0. The van der Waals surface area contributed by atoms with Gasteiger partial charge in [-0.05, 0) is 66.7 Å². The first-order valence-electron chi connectivity index (χ1n) is 18.3. The third kappa shape index (κ3) is 4.33. The molecular weight excluding hydrogens is 671 g/mol. The maximum Gasteiger partial charge on any atom is 0.101 e. The van der Waals surface area contributed by atoms with E-state index in [1.807, 2.05) is 42.5 Å². The number of benzene rings is 8. The molecule has 0 unspecified atom stereocenters. The van der Waals surface area contributed by atoms with Crippen molar-refractivity contribution in [3.05, 3.63) is 187 Å². The Morgan fingerprint density at radius 2 is 0.836 bits per heavy atom. The highest BCUT2D eigenvalue weighted by Crippen LogP contribution is 2.43. The van der Waals surface area contributed by atoms with Crippen molar-refractivity contribution in [3.8, 4) is 40.3 Å². The molecule has 0 aliphatic rings. The van der Waals surface area contributed by atoms with Gasteiger partial charge in [0.15, 0.2) is 0 Å². The molecule has 0 atom stereocenters. The van der Waals surface area contributed by atoms with Crippen molar-refractivity contribution in [2.24, 2.45) is 0 Å². The van der Waals surface area contributed by atoms with Crippen LogP contribution in [0, 0.1) is 22.7 Å². The van der Waals surface area contributed by atoms with Crippen LogP contribution in [0.5, 0.6) is 0 Å². The Labute approximate surface area is 316 Å². The Balaban J connectivity index is 1.24. The second-order valence-corrected chi connectivity index (χ2v) is 13.9. The first kappa shape index (κ1) is 30.7. The molecule has 5 nitrogen and oxygen atoms in total. The molecule has 0 aliphatic heterocycles. The van der Waals surface area contributed by atoms with Gasteiger partial charge in [-0.15, -0.1) is 0 Å². The number of hydrogen-bond donors (Lipinski definition) is 0. The lowest BCUT2D eigenvalue weighted by atomic mass is 9.98. The van der Waals surface area contributed by atoms with Gasteiger partial charge in [-0.3, -0.25) is 0 Å². The predicted octanol–water partition coefficient (Wildman–Crippen LogP) is 12.4. The number of aromatic nitrogens is 3. The molecule has 0 aliphatic carbocycles. The molecule has 0 amide bonds. The third-order valence-corrected chi connectivity index (χ3v) is 11.1. The summed E-state index contributed by atoms with van der Waals surface area (Å²) < 4.78 is 6.97. The van der Waals surface area contributed by atoms with E-state index in [1.165, 1.54) is 10.8 Å². The first-order chi connectivity index (χ1) is 27.2. The average Bonchev–Trinajstić information content (AvgIpc) is 3.89. The van der Waals surface area contributed by atoms with Gasteiger partial charge in [-0.2, -0.15) is 10.5 Å². The molecule has 0 saturated heterocycles. The summed E-state index contributed by atoms with van der Waals surface area (Å²) in [6, 6.07) is 65.9. The molecule has 5 heteroatoms. The summed E-state index contributed by atoms with van der Waals surface area (Å²) in [7, 11) is 0. The van der Waals surface area contributed by atoms with Gasteiger partial charge < -0.3 is 13.7 Å². The molecule has 0 fully saturated rings. The largest absolute Gasteiger partial charge is 0.309 e. The zero-order valence-corrected chi connectivity index (χ0v) is 29.5. The fourth-order valence-corrected chi connectivity index (χ4v) is 8.90. The average molecular weight is 700 g/mol. The molecule has 8 aromatic carbocycles. The van der Waals surface area contributed by atoms with E-state index in [4.69, 9.17) is 0 Å². The molecule has 3 heterocycles. The van der Waals surface area contributed by atoms with E-state index in [1.54, 1.807) is 0 Å². The van der Waals surface area contributed by atoms with Gasteiger partial charge in [0.2, 0.25) is 0 Å². The fraction of sp³-hybridized carbons (Fsp3) is 0. The van der Waals surface area contributed by atoms with Crippen LogP contribution < -0.4 is 0 Å². The van der Waals surface area contributed by atoms with Crippen molar-refractivity contribution >= 4 is 65.4 Å². The maximum absolute atomic E-state index is 10.4. The minimum Gasteiger partial charge on any atom is -0.309 e. The SMILES string of the molecule is N#Cc1ccc(-n2c3ccccc3c3cccc(C#N)c32)c(-c2ccccc2-n2c3ccccc3c3c(-n4c5ccccc5c5ccccc54)cccc32)c1. The highest BCUT2D eigenvalue weighted by molar-refractivity contribution is 6.17.